The minimum absolute atomic E-state index is 0.0143. The quantitative estimate of drug-likeness (QED) is 0.426. The predicted molar refractivity (Wildman–Crippen MR) is 120 cm³/mol. The molecule has 0 saturated carbocycles. The largest absolute Gasteiger partial charge is 0.497 e. The molecule has 3 N–H and O–H groups in total. The van der Waals surface area contributed by atoms with Crippen LogP contribution in [0.1, 0.15) is 5.56 Å². The van der Waals surface area contributed by atoms with E-state index in [2.05, 4.69) is 15.6 Å². The molecule has 3 aromatic carbocycles. The molecule has 0 bridgehead atoms. The molecule has 3 aromatic rings. The summed E-state index contributed by atoms with van der Waals surface area (Å²) in [5.74, 6) is 0.134. The van der Waals surface area contributed by atoms with Gasteiger partial charge < -0.3 is 4.74 Å². The molecule has 0 fully saturated rings. The number of hydrogen-bond acceptors (Lipinski definition) is 5. The fourth-order valence-corrected chi connectivity index (χ4v) is 4.12. The van der Waals surface area contributed by atoms with E-state index in [1.54, 1.807) is 43.5 Å². The fourth-order valence-electron chi connectivity index (χ4n) is 2.80. The highest BCUT2D eigenvalue weighted by Crippen LogP contribution is 2.17. The van der Waals surface area contributed by atoms with Crippen molar-refractivity contribution in [3.05, 3.63) is 89.4 Å². The van der Waals surface area contributed by atoms with E-state index in [9.17, 15) is 13.2 Å². The molecule has 1 unspecified atom stereocenters. The SMILES string of the molecule is COc1ccc(CC(NS(=O)(=O)c2ccc(Cl)cc2)C(=O)NNc2ccccc2)cc1. The molecular formula is C22H22ClN3O4S. The Labute approximate surface area is 186 Å². The van der Waals surface area contributed by atoms with Gasteiger partial charge in [-0.05, 0) is 60.5 Å². The van der Waals surface area contributed by atoms with Gasteiger partial charge in [0.2, 0.25) is 10.0 Å². The maximum absolute atomic E-state index is 12.9. The van der Waals surface area contributed by atoms with Crippen molar-refractivity contribution in [2.45, 2.75) is 17.4 Å². The zero-order valence-electron chi connectivity index (χ0n) is 16.7. The van der Waals surface area contributed by atoms with Crippen molar-refractivity contribution in [1.82, 2.24) is 10.1 Å². The molecule has 0 radical (unpaired) electrons. The Morgan fingerprint density at radius 2 is 1.61 bits per heavy atom. The molecule has 1 atom stereocenters. The summed E-state index contributed by atoms with van der Waals surface area (Å²) in [6.07, 6.45) is 0.138. The number of amides is 1. The summed E-state index contributed by atoms with van der Waals surface area (Å²) >= 11 is 5.85. The van der Waals surface area contributed by atoms with Gasteiger partial charge in [-0.25, -0.2) is 8.42 Å². The lowest BCUT2D eigenvalue weighted by Gasteiger charge is -2.19. The Morgan fingerprint density at radius 1 is 0.968 bits per heavy atom. The highest BCUT2D eigenvalue weighted by atomic mass is 35.5. The van der Waals surface area contributed by atoms with Crippen molar-refractivity contribution in [2.24, 2.45) is 0 Å². The molecule has 0 heterocycles. The van der Waals surface area contributed by atoms with Crippen LogP contribution in [-0.4, -0.2) is 27.5 Å². The number of sulfonamides is 1. The van der Waals surface area contributed by atoms with Gasteiger partial charge in [-0.3, -0.25) is 15.6 Å². The van der Waals surface area contributed by atoms with Gasteiger partial charge in [0, 0.05) is 5.02 Å². The second kappa shape index (κ2) is 10.3. The smallest absolute Gasteiger partial charge is 0.256 e. The Morgan fingerprint density at radius 3 is 2.23 bits per heavy atom. The number of carbonyl (C=O) groups excluding carboxylic acids is 1. The van der Waals surface area contributed by atoms with Crippen LogP contribution in [0.25, 0.3) is 0 Å². The lowest BCUT2D eigenvalue weighted by molar-refractivity contribution is -0.122. The summed E-state index contributed by atoms with van der Waals surface area (Å²) < 4.78 is 33.3. The van der Waals surface area contributed by atoms with E-state index in [0.29, 0.717) is 16.5 Å². The van der Waals surface area contributed by atoms with E-state index in [0.717, 1.165) is 5.56 Å². The number of carbonyl (C=O) groups is 1. The summed E-state index contributed by atoms with van der Waals surface area (Å²) in [6.45, 7) is 0. The third-order valence-corrected chi connectivity index (χ3v) is 6.18. The highest BCUT2D eigenvalue weighted by Gasteiger charge is 2.26. The molecule has 9 heteroatoms. The maximum atomic E-state index is 12.9. The monoisotopic (exact) mass is 459 g/mol. The average molecular weight is 460 g/mol. The lowest BCUT2D eigenvalue weighted by atomic mass is 10.1. The zero-order valence-corrected chi connectivity index (χ0v) is 18.3. The van der Waals surface area contributed by atoms with Crippen molar-refractivity contribution in [3.63, 3.8) is 0 Å². The molecule has 162 valence electrons. The zero-order chi connectivity index (χ0) is 22.3. The van der Waals surface area contributed by atoms with E-state index >= 15 is 0 Å². The van der Waals surface area contributed by atoms with Gasteiger partial charge in [0.15, 0.2) is 0 Å². The van der Waals surface area contributed by atoms with Gasteiger partial charge in [0.25, 0.3) is 5.91 Å². The van der Waals surface area contributed by atoms with Crippen molar-refractivity contribution in [3.8, 4) is 5.75 Å². The molecular weight excluding hydrogens is 438 g/mol. The topological polar surface area (TPSA) is 96.5 Å². The van der Waals surface area contributed by atoms with Gasteiger partial charge in [-0.2, -0.15) is 4.72 Å². The van der Waals surface area contributed by atoms with Crippen LogP contribution in [0.4, 0.5) is 5.69 Å². The number of hydrogen-bond donors (Lipinski definition) is 3. The molecule has 3 rings (SSSR count). The summed E-state index contributed by atoms with van der Waals surface area (Å²) in [5.41, 5.74) is 6.78. The summed E-state index contributed by atoms with van der Waals surface area (Å²) in [7, 11) is -2.40. The molecule has 7 nitrogen and oxygen atoms in total. The highest BCUT2D eigenvalue weighted by molar-refractivity contribution is 7.89. The second-order valence-electron chi connectivity index (χ2n) is 6.66. The maximum Gasteiger partial charge on any atom is 0.256 e. The summed E-state index contributed by atoms with van der Waals surface area (Å²) in [4.78, 5) is 12.9. The molecule has 0 spiro atoms. The normalized spacial score (nSPS) is 12.1. The molecule has 0 saturated heterocycles. The van der Waals surface area contributed by atoms with Gasteiger partial charge in [0.05, 0.1) is 17.7 Å². The third-order valence-electron chi connectivity index (χ3n) is 4.44. The predicted octanol–water partition coefficient (Wildman–Crippen LogP) is 3.38. The van der Waals surface area contributed by atoms with Gasteiger partial charge in [-0.1, -0.05) is 41.9 Å². The number of para-hydroxylation sites is 1. The molecule has 31 heavy (non-hydrogen) atoms. The van der Waals surface area contributed by atoms with E-state index in [4.69, 9.17) is 16.3 Å². The Bertz CT molecular complexity index is 1110. The lowest BCUT2D eigenvalue weighted by Crippen LogP contribution is -2.49. The third kappa shape index (κ3) is 6.45. The molecule has 0 aliphatic heterocycles. The Kier molecular flexibility index (Phi) is 7.51. The van der Waals surface area contributed by atoms with E-state index < -0.39 is 22.0 Å². The van der Waals surface area contributed by atoms with Gasteiger partial charge in [-0.15, -0.1) is 0 Å². The number of hydrazine groups is 1. The number of anilines is 1. The fraction of sp³-hybridized carbons (Fsp3) is 0.136. The number of nitrogens with one attached hydrogen (secondary N) is 3. The number of methoxy groups -OCH3 is 1. The minimum Gasteiger partial charge on any atom is -0.497 e. The Hall–Kier alpha value is -3.07. The molecule has 0 aliphatic rings. The van der Waals surface area contributed by atoms with Crippen molar-refractivity contribution >= 4 is 33.2 Å². The first kappa shape index (κ1) is 22.6. The van der Waals surface area contributed by atoms with Crippen LogP contribution in [0.3, 0.4) is 0 Å². The van der Waals surface area contributed by atoms with E-state index in [-0.39, 0.29) is 11.3 Å². The first-order valence-corrected chi connectivity index (χ1v) is 11.3. The average Bonchev–Trinajstić information content (AvgIpc) is 2.78. The minimum atomic E-state index is -3.96. The van der Waals surface area contributed by atoms with Crippen LogP contribution in [-0.2, 0) is 21.2 Å². The molecule has 1 amide bonds. The summed E-state index contributed by atoms with van der Waals surface area (Å²) in [5, 5.41) is 0.415. The van der Waals surface area contributed by atoms with Crippen LogP contribution in [0, 0.1) is 0 Å². The number of ether oxygens (including phenoxy) is 1. The first-order valence-electron chi connectivity index (χ1n) is 9.39. The van der Waals surface area contributed by atoms with E-state index in [1.807, 2.05) is 18.2 Å². The molecule has 0 aromatic heterocycles. The first-order chi connectivity index (χ1) is 14.9. The second-order valence-corrected chi connectivity index (χ2v) is 8.81. The van der Waals surface area contributed by atoms with Gasteiger partial charge in [0.1, 0.15) is 11.8 Å². The number of halogens is 1. The van der Waals surface area contributed by atoms with Crippen molar-refractivity contribution in [2.75, 3.05) is 12.5 Å². The van der Waals surface area contributed by atoms with Crippen LogP contribution in [0.15, 0.2) is 83.8 Å². The Balaban J connectivity index is 1.79. The standard InChI is InChI=1S/C22H22ClN3O4S/c1-30-19-11-7-16(8-12-19)15-21(22(27)25-24-18-5-3-2-4-6-18)26-31(28,29)20-13-9-17(23)10-14-20/h2-14,21,24,26H,15H2,1H3,(H,25,27). The van der Waals surface area contributed by atoms with Crippen LogP contribution < -0.4 is 20.3 Å². The van der Waals surface area contributed by atoms with Crippen molar-refractivity contribution < 1.29 is 17.9 Å². The number of rotatable bonds is 9. The van der Waals surface area contributed by atoms with Gasteiger partial charge >= 0.3 is 0 Å². The van der Waals surface area contributed by atoms with E-state index in [1.165, 1.54) is 24.3 Å². The van der Waals surface area contributed by atoms with Crippen LogP contribution in [0.2, 0.25) is 5.02 Å². The van der Waals surface area contributed by atoms with Crippen molar-refractivity contribution in [1.29, 1.82) is 0 Å². The van der Waals surface area contributed by atoms with Crippen LogP contribution in [0.5, 0.6) is 5.75 Å². The molecule has 0 aliphatic carbocycles. The van der Waals surface area contributed by atoms with Crippen LogP contribution >= 0.6 is 11.6 Å². The number of benzene rings is 3. The summed E-state index contributed by atoms with van der Waals surface area (Å²) in [6, 6.07) is 20.7.